The fourth-order valence-electron chi connectivity index (χ4n) is 3.14. The first-order valence-electron chi connectivity index (χ1n) is 10.1. The Bertz CT molecular complexity index is 745. The fourth-order valence-corrected chi connectivity index (χ4v) is 5.47. The quantitative estimate of drug-likeness (QED) is 0.408. The SMILES string of the molecule is CC[C@H](CN[C@@H]1COc2ccccc2SC1)CSc1cccc(C)c1OCOC. The lowest BCUT2D eigenvalue weighted by Gasteiger charge is -2.21. The highest BCUT2D eigenvalue weighted by molar-refractivity contribution is 7.99. The summed E-state index contributed by atoms with van der Waals surface area (Å²) in [7, 11) is 1.65. The van der Waals surface area contributed by atoms with Crippen molar-refractivity contribution in [2.45, 2.75) is 36.1 Å². The Balaban J connectivity index is 1.50. The zero-order valence-corrected chi connectivity index (χ0v) is 19.1. The van der Waals surface area contributed by atoms with Crippen LogP contribution in [-0.4, -0.2) is 44.6 Å². The third-order valence-electron chi connectivity index (χ3n) is 4.97. The molecule has 0 bridgehead atoms. The molecule has 0 spiro atoms. The standard InChI is InChI=1S/C23H31NO3S2/c1-4-18(14-28-22-11-7-8-17(2)23(22)27-16-25-3)12-24-19-13-26-20-9-5-6-10-21(20)29-15-19/h5-11,18-19,24H,4,12-16H2,1-3H3/t18-,19-/m1/s1. The van der Waals surface area contributed by atoms with E-state index in [1.165, 1.54) is 9.79 Å². The number of methoxy groups -OCH3 is 1. The predicted molar refractivity (Wildman–Crippen MR) is 123 cm³/mol. The first-order valence-corrected chi connectivity index (χ1v) is 12.1. The van der Waals surface area contributed by atoms with Crippen LogP contribution >= 0.6 is 23.5 Å². The Morgan fingerprint density at radius 1 is 1.24 bits per heavy atom. The zero-order chi connectivity index (χ0) is 20.5. The minimum atomic E-state index is 0.277. The molecule has 3 rings (SSSR count). The van der Waals surface area contributed by atoms with Gasteiger partial charge in [0.15, 0.2) is 6.79 Å². The molecule has 0 unspecified atom stereocenters. The average molecular weight is 434 g/mol. The molecule has 4 nitrogen and oxygen atoms in total. The van der Waals surface area contributed by atoms with Crippen LogP contribution in [0.15, 0.2) is 52.3 Å². The van der Waals surface area contributed by atoms with Gasteiger partial charge in [0.25, 0.3) is 0 Å². The number of thioether (sulfide) groups is 2. The van der Waals surface area contributed by atoms with Gasteiger partial charge in [0.1, 0.15) is 18.1 Å². The summed E-state index contributed by atoms with van der Waals surface area (Å²) in [5, 5.41) is 3.73. The molecule has 1 aliphatic rings. The highest BCUT2D eigenvalue weighted by Crippen LogP contribution is 2.34. The molecule has 6 heteroatoms. The van der Waals surface area contributed by atoms with Crippen molar-refractivity contribution in [1.29, 1.82) is 0 Å². The first-order chi connectivity index (χ1) is 14.2. The number of hydrogen-bond acceptors (Lipinski definition) is 6. The monoisotopic (exact) mass is 433 g/mol. The number of fused-ring (bicyclic) bond motifs is 1. The molecule has 29 heavy (non-hydrogen) atoms. The Morgan fingerprint density at radius 3 is 2.93 bits per heavy atom. The molecule has 0 amide bonds. The number of nitrogens with one attached hydrogen (secondary N) is 1. The fraction of sp³-hybridized carbons (Fsp3) is 0.478. The van der Waals surface area contributed by atoms with Crippen molar-refractivity contribution in [2.75, 3.05) is 38.6 Å². The predicted octanol–water partition coefficient (Wildman–Crippen LogP) is 5.24. The number of ether oxygens (including phenoxy) is 3. The van der Waals surface area contributed by atoms with Gasteiger partial charge in [0.05, 0.1) is 6.04 Å². The van der Waals surface area contributed by atoms with Crippen LogP contribution in [0.1, 0.15) is 18.9 Å². The number of rotatable bonds is 10. The third kappa shape index (κ3) is 6.57. The molecule has 0 aliphatic carbocycles. The van der Waals surface area contributed by atoms with Gasteiger partial charge in [-0.1, -0.05) is 37.6 Å². The molecule has 0 fully saturated rings. The summed E-state index contributed by atoms with van der Waals surface area (Å²) in [5.41, 5.74) is 1.14. The van der Waals surface area contributed by atoms with E-state index >= 15 is 0 Å². The molecule has 1 aliphatic heterocycles. The van der Waals surface area contributed by atoms with Crippen LogP contribution < -0.4 is 14.8 Å². The normalized spacial score (nSPS) is 17.1. The van der Waals surface area contributed by atoms with E-state index in [0.29, 0.717) is 12.0 Å². The summed E-state index contributed by atoms with van der Waals surface area (Å²) >= 11 is 3.75. The van der Waals surface area contributed by atoms with Gasteiger partial charge in [-0.2, -0.15) is 0 Å². The second-order valence-electron chi connectivity index (χ2n) is 7.21. The second kappa shape index (κ2) is 11.7. The van der Waals surface area contributed by atoms with Crippen LogP contribution in [-0.2, 0) is 4.74 Å². The average Bonchev–Trinajstić information content (AvgIpc) is 2.96. The highest BCUT2D eigenvalue weighted by atomic mass is 32.2. The molecule has 0 aromatic heterocycles. The van der Waals surface area contributed by atoms with Crippen molar-refractivity contribution in [3.05, 3.63) is 48.0 Å². The zero-order valence-electron chi connectivity index (χ0n) is 17.5. The van der Waals surface area contributed by atoms with Crippen LogP contribution in [0, 0.1) is 12.8 Å². The van der Waals surface area contributed by atoms with Crippen molar-refractivity contribution < 1.29 is 14.2 Å². The third-order valence-corrected chi connectivity index (χ3v) is 7.46. The molecule has 0 saturated carbocycles. The van der Waals surface area contributed by atoms with Gasteiger partial charge >= 0.3 is 0 Å². The van der Waals surface area contributed by atoms with Gasteiger partial charge in [-0.05, 0) is 43.1 Å². The van der Waals surface area contributed by atoms with Crippen LogP contribution in [0.2, 0.25) is 0 Å². The molecule has 0 radical (unpaired) electrons. The number of aryl methyl sites for hydroxylation is 1. The largest absolute Gasteiger partial charge is 0.491 e. The lowest BCUT2D eigenvalue weighted by atomic mass is 10.1. The van der Waals surface area contributed by atoms with Crippen LogP contribution in [0.5, 0.6) is 11.5 Å². The maximum Gasteiger partial charge on any atom is 0.188 e. The minimum absolute atomic E-state index is 0.277. The molecule has 1 heterocycles. The smallest absolute Gasteiger partial charge is 0.188 e. The summed E-state index contributed by atoms with van der Waals surface area (Å²) < 4.78 is 16.9. The lowest BCUT2D eigenvalue weighted by Crippen LogP contribution is -2.39. The molecule has 2 atom stereocenters. The van der Waals surface area contributed by atoms with Crippen LogP contribution in [0.4, 0.5) is 0 Å². The van der Waals surface area contributed by atoms with E-state index in [1.54, 1.807) is 7.11 Å². The summed E-state index contributed by atoms with van der Waals surface area (Å²) in [4.78, 5) is 2.42. The van der Waals surface area contributed by atoms with Crippen molar-refractivity contribution in [3.8, 4) is 11.5 Å². The molecule has 158 valence electrons. The van der Waals surface area contributed by atoms with E-state index in [0.717, 1.165) is 48.1 Å². The van der Waals surface area contributed by atoms with Crippen molar-refractivity contribution in [3.63, 3.8) is 0 Å². The van der Waals surface area contributed by atoms with Gasteiger partial charge in [-0.25, -0.2) is 0 Å². The molecular weight excluding hydrogens is 402 g/mol. The molecule has 2 aromatic rings. The minimum Gasteiger partial charge on any atom is -0.491 e. The number of para-hydroxylation sites is 2. The van der Waals surface area contributed by atoms with E-state index in [4.69, 9.17) is 14.2 Å². The summed E-state index contributed by atoms with van der Waals surface area (Å²) in [6, 6.07) is 15.0. The lowest BCUT2D eigenvalue weighted by molar-refractivity contribution is 0.0486. The van der Waals surface area contributed by atoms with Gasteiger partial charge in [0.2, 0.25) is 0 Å². The Morgan fingerprint density at radius 2 is 2.10 bits per heavy atom. The molecule has 0 saturated heterocycles. The van der Waals surface area contributed by atoms with E-state index in [-0.39, 0.29) is 6.79 Å². The van der Waals surface area contributed by atoms with Crippen LogP contribution in [0.3, 0.4) is 0 Å². The van der Waals surface area contributed by atoms with E-state index in [9.17, 15) is 0 Å². The van der Waals surface area contributed by atoms with E-state index in [2.05, 4.69) is 55.6 Å². The summed E-state index contributed by atoms with van der Waals surface area (Å²) in [5.74, 6) is 4.62. The maximum absolute atomic E-state index is 6.01. The first kappa shape index (κ1) is 22.3. The number of benzene rings is 2. The highest BCUT2D eigenvalue weighted by Gasteiger charge is 2.19. The van der Waals surface area contributed by atoms with Crippen molar-refractivity contribution in [1.82, 2.24) is 5.32 Å². The topological polar surface area (TPSA) is 39.7 Å². The van der Waals surface area contributed by atoms with Crippen molar-refractivity contribution in [2.24, 2.45) is 5.92 Å². The van der Waals surface area contributed by atoms with Crippen molar-refractivity contribution >= 4 is 23.5 Å². The Kier molecular flexibility index (Phi) is 9.05. The summed E-state index contributed by atoms with van der Waals surface area (Å²) in [6.07, 6.45) is 1.14. The van der Waals surface area contributed by atoms with Crippen LogP contribution in [0.25, 0.3) is 0 Å². The molecule has 2 aromatic carbocycles. The van der Waals surface area contributed by atoms with Gasteiger partial charge < -0.3 is 19.5 Å². The van der Waals surface area contributed by atoms with Gasteiger partial charge in [-0.15, -0.1) is 23.5 Å². The van der Waals surface area contributed by atoms with E-state index < -0.39 is 0 Å². The summed E-state index contributed by atoms with van der Waals surface area (Å²) in [6.45, 7) is 6.34. The molecule has 1 N–H and O–H groups in total. The second-order valence-corrected chi connectivity index (χ2v) is 9.34. The molecular formula is C23H31NO3S2. The van der Waals surface area contributed by atoms with Gasteiger partial charge in [-0.3, -0.25) is 0 Å². The van der Waals surface area contributed by atoms with E-state index in [1.807, 2.05) is 29.6 Å². The number of hydrogen-bond donors (Lipinski definition) is 1. The Hall–Kier alpha value is -1.34. The maximum atomic E-state index is 6.01. The van der Waals surface area contributed by atoms with Gasteiger partial charge in [0, 0.05) is 28.4 Å². The Labute approximate surface area is 183 Å².